The van der Waals surface area contributed by atoms with E-state index in [2.05, 4.69) is 10.2 Å². The summed E-state index contributed by atoms with van der Waals surface area (Å²) in [4.78, 5) is 25.1. The molecule has 2 N–H and O–H groups in total. The summed E-state index contributed by atoms with van der Waals surface area (Å²) in [5, 5.41) is 12.2. The number of rotatable bonds is 4. The molecule has 2 atom stereocenters. The van der Waals surface area contributed by atoms with Gasteiger partial charge in [-0.2, -0.15) is 0 Å². The minimum absolute atomic E-state index is 0.0155. The number of carboxylic acid groups (broad SMARTS) is 1. The third-order valence-electron chi connectivity index (χ3n) is 3.76. The Balaban J connectivity index is 1.96. The summed E-state index contributed by atoms with van der Waals surface area (Å²) < 4.78 is 0. The van der Waals surface area contributed by atoms with Crippen LogP contribution >= 0.6 is 0 Å². The number of aliphatic carboxylic acids is 1. The number of nitrogens with one attached hydrogen (secondary N) is 1. The number of likely N-dealkylation sites (tertiary alicyclic amines) is 1. The van der Waals surface area contributed by atoms with Gasteiger partial charge in [0.1, 0.15) is 0 Å². The van der Waals surface area contributed by atoms with Crippen LogP contribution in [0.5, 0.6) is 0 Å². The fourth-order valence-electron chi connectivity index (χ4n) is 2.52. The Hall–Kier alpha value is -1.10. The van der Waals surface area contributed by atoms with E-state index in [0.29, 0.717) is 19.0 Å². The van der Waals surface area contributed by atoms with E-state index in [1.54, 1.807) is 0 Å². The fraction of sp³-hybridized carbons (Fsp3) is 0.846. The summed E-state index contributed by atoms with van der Waals surface area (Å²) in [6.45, 7) is 5.14. The molecule has 102 valence electrons. The molecular weight excluding hydrogens is 232 g/mol. The van der Waals surface area contributed by atoms with E-state index < -0.39 is 5.97 Å². The van der Waals surface area contributed by atoms with Crippen molar-refractivity contribution in [3.8, 4) is 0 Å². The standard InChI is InChI=1S/C13H22N2O3/c1-8(2)12(16)14-10-5-9(13(17)18)6-15(7-10)11-3-4-11/h8-11H,3-7H2,1-2H3,(H,14,16)(H,17,18). The van der Waals surface area contributed by atoms with Crippen LogP contribution in [0.15, 0.2) is 0 Å². The summed E-state index contributed by atoms with van der Waals surface area (Å²) in [5.74, 6) is -1.13. The first-order valence-corrected chi connectivity index (χ1v) is 6.74. The molecule has 5 nitrogen and oxygen atoms in total. The van der Waals surface area contributed by atoms with Gasteiger partial charge in [0.15, 0.2) is 0 Å². The van der Waals surface area contributed by atoms with Crippen LogP contribution in [-0.4, -0.2) is 47.1 Å². The highest BCUT2D eigenvalue weighted by Gasteiger charge is 2.38. The van der Waals surface area contributed by atoms with E-state index in [4.69, 9.17) is 0 Å². The van der Waals surface area contributed by atoms with Gasteiger partial charge in [-0.05, 0) is 19.3 Å². The quantitative estimate of drug-likeness (QED) is 0.774. The van der Waals surface area contributed by atoms with Crippen molar-refractivity contribution in [1.29, 1.82) is 0 Å². The van der Waals surface area contributed by atoms with Crippen LogP contribution in [0.2, 0.25) is 0 Å². The van der Waals surface area contributed by atoms with E-state index in [0.717, 1.165) is 19.4 Å². The van der Waals surface area contributed by atoms with Gasteiger partial charge in [0.25, 0.3) is 0 Å². The third-order valence-corrected chi connectivity index (χ3v) is 3.76. The van der Waals surface area contributed by atoms with Crippen LogP contribution < -0.4 is 5.32 Å². The molecule has 0 bridgehead atoms. The molecule has 2 rings (SSSR count). The van der Waals surface area contributed by atoms with E-state index in [1.165, 1.54) is 0 Å². The normalized spacial score (nSPS) is 29.3. The lowest BCUT2D eigenvalue weighted by Crippen LogP contribution is -2.53. The van der Waals surface area contributed by atoms with Gasteiger partial charge in [-0.15, -0.1) is 0 Å². The highest BCUT2D eigenvalue weighted by Crippen LogP contribution is 2.31. The number of nitrogens with zero attached hydrogens (tertiary/aromatic N) is 1. The van der Waals surface area contributed by atoms with Crippen LogP contribution in [0, 0.1) is 11.8 Å². The summed E-state index contributed by atoms with van der Waals surface area (Å²) >= 11 is 0. The van der Waals surface area contributed by atoms with Gasteiger partial charge in [-0.1, -0.05) is 13.8 Å². The first-order valence-electron chi connectivity index (χ1n) is 6.74. The van der Waals surface area contributed by atoms with Gasteiger partial charge in [0.2, 0.25) is 5.91 Å². The van der Waals surface area contributed by atoms with Crippen LogP contribution in [0.25, 0.3) is 0 Å². The summed E-state index contributed by atoms with van der Waals surface area (Å²) in [6.07, 6.45) is 2.88. The van der Waals surface area contributed by atoms with Crippen molar-refractivity contribution < 1.29 is 14.7 Å². The van der Waals surface area contributed by atoms with Crippen molar-refractivity contribution in [1.82, 2.24) is 10.2 Å². The van der Waals surface area contributed by atoms with Crippen molar-refractivity contribution in [3.63, 3.8) is 0 Å². The first kappa shape index (κ1) is 13.3. The molecule has 1 saturated heterocycles. The number of carbonyl (C=O) groups excluding carboxylic acids is 1. The zero-order valence-corrected chi connectivity index (χ0v) is 11.1. The predicted molar refractivity (Wildman–Crippen MR) is 67.1 cm³/mol. The van der Waals surface area contributed by atoms with Crippen LogP contribution in [0.4, 0.5) is 0 Å². The van der Waals surface area contributed by atoms with E-state index in [1.807, 2.05) is 13.8 Å². The van der Waals surface area contributed by atoms with Gasteiger partial charge >= 0.3 is 5.97 Å². The van der Waals surface area contributed by atoms with E-state index >= 15 is 0 Å². The van der Waals surface area contributed by atoms with Crippen LogP contribution in [-0.2, 0) is 9.59 Å². The van der Waals surface area contributed by atoms with Crippen molar-refractivity contribution in [2.24, 2.45) is 11.8 Å². The number of carbonyl (C=O) groups is 2. The van der Waals surface area contributed by atoms with Crippen molar-refractivity contribution in [2.75, 3.05) is 13.1 Å². The fourth-order valence-corrected chi connectivity index (χ4v) is 2.52. The largest absolute Gasteiger partial charge is 0.481 e. The minimum Gasteiger partial charge on any atom is -0.481 e. The molecule has 1 amide bonds. The number of piperidine rings is 1. The molecular formula is C13H22N2O3. The number of hydrogen-bond donors (Lipinski definition) is 2. The SMILES string of the molecule is CC(C)C(=O)NC1CC(C(=O)O)CN(C2CC2)C1. The lowest BCUT2D eigenvalue weighted by molar-refractivity contribution is -0.144. The molecule has 18 heavy (non-hydrogen) atoms. The molecule has 5 heteroatoms. The van der Waals surface area contributed by atoms with Gasteiger partial charge in [0.05, 0.1) is 5.92 Å². The molecule has 2 fully saturated rings. The Labute approximate surface area is 108 Å². The second-order valence-electron chi connectivity index (χ2n) is 5.82. The summed E-state index contributed by atoms with van der Waals surface area (Å²) in [5.41, 5.74) is 0. The monoisotopic (exact) mass is 254 g/mol. The Bertz CT molecular complexity index is 339. The van der Waals surface area contributed by atoms with Crippen molar-refractivity contribution >= 4 is 11.9 Å². The molecule has 0 spiro atoms. The highest BCUT2D eigenvalue weighted by atomic mass is 16.4. The maximum absolute atomic E-state index is 11.7. The second kappa shape index (κ2) is 5.26. The van der Waals surface area contributed by atoms with Crippen molar-refractivity contribution in [3.05, 3.63) is 0 Å². The lowest BCUT2D eigenvalue weighted by atomic mass is 9.93. The molecule has 2 unspecified atom stereocenters. The van der Waals surface area contributed by atoms with E-state index in [-0.39, 0.29) is 23.8 Å². The van der Waals surface area contributed by atoms with Crippen LogP contribution in [0.3, 0.4) is 0 Å². The Morgan fingerprint density at radius 3 is 2.44 bits per heavy atom. The predicted octanol–water partition coefficient (Wildman–Crippen LogP) is 0.696. The Morgan fingerprint density at radius 1 is 1.28 bits per heavy atom. The second-order valence-corrected chi connectivity index (χ2v) is 5.82. The first-order chi connectivity index (χ1) is 8.47. The minimum atomic E-state index is -0.746. The Kier molecular flexibility index (Phi) is 3.90. The number of amides is 1. The summed E-state index contributed by atoms with van der Waals surface area (Å²) in [6, 6.07) is 0.529. The maximum Gasteiger partial charge on any atom is 0.307 e. The number of carboxylic acids is 1. The smallest absolute Gasteiger partial charge is 0.307 e. The maximum atomic E-state index is 11.7. The molecule has 0 radical (unpaired) electrons. The van der Waals surface area contributed by atoms with Gasteiger partial charge in [-0.25, -0.2) is 0 Å². The average Bonchev–Trinajstić information content (AvgIpc) is 3.12. The molecule has 0 aromatic rings. The number of hydrogen-bond acceptors (Lipinski definition) is 3. The zero-order valence-electron chi connectivity index (χ0n) is 11.1. The topological polar surface area (TPSA) is 69.6 Å². The van der Waals surface area contributed by atoms with Gasteiger partial charge in [-0.3, -0.25) is 14.5 Å². The average molecular weight is 254 g/mol. The lowest BCUT2D eigenvalue weighted by Gasteiger charge is -2.36. The van der Waals surface area contributed by atoms with Crippen LogP contribution in [0.1, 0.15) is 33.1 Å². The van der Waals surface area contributed by atoms with Gasteiger partial charge < -0.3 is 10.4 Å². The molecule has 0 aromatic carbocycles. The Morgan fingerprint density at radius 2 is 1.94 bits per heavy atom. The zero-order chi connectivity index (χ0) is 13.3. The molecule has 1 heterocycles. The third kappa shape index (κ3) is 3.22. The molecule has 0 aromatic heterocycles. The molecule has 1 aliphatic carbocycles. The molecule has 1 aliphatic heterocycles. The van der Waals surface area contributed by atoms with E-state index in [9.17, 15) is 14.7 Å². The summed E-state index contributed by atoms with van der Waals surface area (Å²) in [7, 11) is 0. The molecule has 1 saturated carbocycles. The van der Waals surface area contributed by atoms with Crippen molar-refractivity contribution in [2.45, 2.75) is 45.2 Å². The highest BCUT2D eigenvalue weighted by molar-refractivity contribution is 5.78. The van der Waals surface area contributed by atoms with Gasteiger partial charge in [0, 0.05) is 31.1 Å². The molecule has 2 aliphatic rings.